The topological polar surface area (TPSA) is 21.7 Å². The molecule has 0 aliphatic carbocycles. The average Bonchev–Trinajstić information content (AvgIpc) is 2.80. The zero-order chi connectivity index (χ0) is 11.5. The van der Waals surface area contributed by atoms with Gasteiger partial charge in [0.1, 0.15) is 13.5 Å². The van der Waals surface area contributed by atoms with Crippen LogP contribution >= 0.6 is 0 Å². The summed E-state index contributed by atoms with van der Waals surface area (Å²) in [6.45, 7) is 6.55. The van der Waals surface area contributed by atoms with Crippen LogP contribution < -0.4 is 0 Å². The fourth-order valence-corrected chi connectivity index (χ4v) is 1.91. The van der Waals surface area contributed by atoms with Crippen LogP contribution in [0.15, 0.2) is 0 Å². The van der Waals surface area contributed by atoms with E-state index >= 15 is 0 Å². The molecule has 1 saturated heterocycles. The van der Waals surface area contributed by atoms with Crippen LogP contribution in [0.4, 0.5) is 0 Å². The molecule has 3 nitrogen and oxygen atoms in total. The molecule has 0 bridgehead atoms. The van der Waals surface area contributed by atoms with Gasteiger partial charge >= 0.3 is 0 Å². The van der Waals surface area contributed by atoms with Crippen LogP contribution in [0.1, 0.15) is 51.9 Å². The van der Waals surface area contributed by atoms with Crippen molar-refractivity contribution in [3.8, 4) is 0 Å². The third-order valence-electron chi connectivity index (χ3n) is 2.99. The van der Waals surface area contributed by atoms with Gasteiger partial charge in [0.25, 0.3) is 0 Å². The molecule has 0 atom stereocenters. The highest BCUT2D eigenvalue weighted by atomic mass is 16.5. The lowest BCUT2D eigenvalue weighted by Crippen LogP contribution is -2.23. The molecule has 0 unspecified atom stereocenters. The average molecular weight is 229 g/mol. The second-order valence-electron chi connectivity index (χ2n) is 4.59. The largest absolute Gasteiger partial charge is 0.366 e. The van der Waals surface area contributed by atoms with Crippen molar-refractivity contribution in [2.24, 2.45) is 0 Å². The molecular weight excluding hydrogens is 202 g/mol. The summed E-state index contributed by atoms with van der Waals surface area (Å²) in [5.41, 5.74) is 0. The van der Waals surface area contributed by atoms with Gasteiger partial charge in [-0.25, -0.2) is 0 Å². The molecule has 0 radical (unpaired) electrons. The van der Waals surface area contributed by atoms with E-state index in [1.165, 1.54) is 44.9 Å². The maximum atomic E-state index is 5.59. The van der Waals surface area contributed by atoms with Crippen LogP contribution in [0.2, 0.25) is 0 Å². The Morgan fingerprint density at radius 1 is 1.06 bits per heavy atom. The van der Waals surface area contributed by atoms with Crippen molar-refractivity contribution in [2.75, 3.05) is 33.2 Å². The first-order valence-electron chi connectivity index (χ1n) is 6.81. The van der Waals surface area contributed by atoms with E-state index in [0.29, 0.717) is 0 Å². The molecule has 0 aromatic carbocycles. The van der Waals surface area contributed by atoms with Gasteiger partial charge in [-0.15, -0.1) is 0 Å². The third-order valence-corrected chi connectivity index (χ3v) is 2.99. The van der Waals surface area contributed by atoms with Crippen molar-refractivity contribution in [1.82, 2.24) is 4.90 Å². The molecule has 0 aromatic heterocycles. The first-order chi connectivity index (χ1) is 7.93. The van der Waals surface area contributed by atoms with E-state index in [4.69, 9.17) is 9.47 Å². The van der Waals surface area contributed by atoms with Gasteiger partial charge in [0, 0.05) is 13.2 Å². The highest BCUT2D eigenvalue weighted by Crippen LogP contribution is 2.07. The molecule has 1 fully saturated rings. The molecule has 96 valence electrons. The molecule has 0 N–H and O–H groups in total. The Morgan fingerprint density at radius 3 is 2.50 bits per heavy atom. The molecule has 0 saturated carbocycles. The number of ether oxygens (including phenoxy) is 2. The SMILES string of the molecule is CCCCCCCCCOCN1CCOC1. The van der Waals surface area contributed by atoms with Crippen molar-refractivity contribution in [3.05, 3.63) is 0 Å². The van der Waals surface area contributed by atoms with Gasteiger partial charge in [-0.2, -0.15) is 0 Å². The quantitative estimate of drug-likeness (QED) is 0.538. The summed E-state index contributed by atoms with van der Waals surface area (Å²) in [6.07, 6.45) is 9.43. The minimum atomic E-state index is 0.746. The lowest BCUT2D eigenvalue weighted by atomic mass is 10.1. The van der Waals surface area contributed by atoms with Crippen LogP contribution in [0.5, 0.6) is 0 Å². The van der Waals surface area contributed by atoms with Crippen LogP contribution in [0, 0.1) is 0 Å². The van der Waals surface area contributed by atoms with Crippen LogP contribution in [0.3, 0.4) is 0 Å². The zero-order valence-corrected chi connectivity index (χ0v) is 10.7. The second kappa shape index (κ2) is 10.1. The van der Waals surface area contributed by atoms with Crippen molar-refractivity contribution in [3.63, 3.8) is 0 Å². The summed E-state index contributed by atoms with van der Waals surface area (Å²) in [5.74, 6) is 0. The molecule has 0 spiro atoms. The van der Waals surface area contributed by atoms with E-state index in [2.05, 4.69) is 11.8 Å². The smallest absolute Gasteiger partial charge is 0.101 e. The van der Waals surface area contributed by atoms with Gasteiger partial charge in [-0.05, 0) is 6.42 Å². The summed E-state index contributed by atoms with van der Waals surface area (Å²) in [6, 6.07) is 0. The molecule has 1 aliphatic rings. The standard InChI is InChI=1S/C13H27NO2/c1-2-3-4-5-6-7-8-10-15-12-14-9-11-16-13-14/h2-13H2,1H3. The lowest BCUT2D eigenvalue weighted by Gasteiger charge is -2.12. The minimum absolute atomic E-state index is 0.746. The first-order valence-corrected chi connectivity index (χ1v) is 6.81. The fourth-order valence-electron chi connectivity index (χ4n) is 1.91. The van der Waals surface area contributed by atoms with Crippen LogP contribution in [-0.4, -0.2) is 38.1 Å². The van der Waals surface area contributed by atoms with Crippen molar-refractivity contribution in [1.29, 1.82) is 0 Å². The Kier molecular flexibility index (Phi) is 8.77. The van der Waals surface area contributed by atoms with E-state index < -0.39 is 0 Å². The monoisotopic (exact) mass is 229 g/mol. The molecule has 1 aliphatic heterocycles. The van der Waals surface area contributed by atoms with Crippen LogP contribution in [0.25, 0.3) is 0 Å². The Hall–Kier alpha value is -0.120. The normalized spacial score (nSPS) is 17.1. The number of hydrogen-bond donors (Lipinski definition) is 0. The zero-order valence-electron chi connectivity index (χ0n) is 10.7. The highest BCUT2D eigenvalue weighted by Gasteiger charge is 2.10. The Bertz CT molecular complexity index is 147. The summed E-state index contributed by atoms with van der Waals surface area (Å²) in [4.78, 5) is 2.20. The van der Waals surface area contributed by atoms with Crippen molar-refractivity contribution < 1.29 is 9.47 Å². The summed E-state index contributed by atoms with van der Waals surface area (Å²) >= 11 is 0. The van der Waals surface area contributed by atoms with Crippen molar-refractivity contribution in [2.45, 2.75) is 51.9 Å². The first kappa shape index (κ1) is 13.9. The predicted molar refractivity (Wildman–Crippen MR) is 66.3 cm³/mol. The molecule has 1 rings (SSSR count). The maximum Gasteiger partial charge on any atom is 0.101 e. The van der Waals surface area contributed by atoms with Gasteiger partial charge in [-0.3, -0.25) is 4.90 Å². The molecule has 1 heterocycles. The summed E-state index contributed by atoms with van der Waals surface area (Å²) in [5, 5.41) is 0. The number of unbranched alkanes of at least 4 members (excludes halogenated alkanes) is 6. The number of nitrogens with zero attached hydrogens (tertiary/aromatic N) is 1. The Morgan fingerprint density at radius 2 is 1.81 bits per heavy atom. The van der Waals surface area contributed by atoms with E-state index in [1.807, 2.05) is 0 Å². The number of rotatable bonds is 10. The summed E-state index contributed by atoms with van der Waals surface area (Å²) in [7, 11) is 0. The van der Waals surface area contributed by atoms with Gasteiger partial charge in [0.15, 0.2) is 0 Å². The number of hydrogen-bond acceptors (Lipinski definition) is 3. The van der Waals surface area contributed by atoms with Gasteiger partial charge in [0.2, 0.25) is 0 Å². The van der Waals surface area contributed by atoms with Gasteiger partial charge < -0.3 is 9.47 Å². The molecular formula is C13H27NO2. The summed E-state index contributed by atoms with van der Waals surface area (Å²) < 4.78 is 10.8. The van der Waals surface area contributed by atoms with Crippen LogP contribution in [-0.2, 0) is 9.47 Å². The fraction of sp³-hybridized carbons (Fsp3) is 1.00. The van der Waals surface area contributed by atoms with E-state index in [1.54, 1.807) is 0 Å². The Balaban J connectivity index is 1.71. The molecule has 3 heteroatoms. The van der Waals surface area contributed by atoms with Crippen molar-refractivity contribution >= 4 is 0 Å². The van der Waals surface area contributed by atoms with E-state index in [0.717, 1.165) is 33.2 Å². The minimum Gasteiger partial charge on any atom is -0.366 e. The highest BCUT2D eigenvalue weighted by molar-refractivity contribution is 4.53. The van der Waals surface area contributed by atoms with Gasteiger partial charge in [0.05, 0.1) is 6.61 Å². The predicted octanol–water partition coefficient (Wildman–Crippen LogP) is 3.00. The van der Waals surface area contributed by atoms with Gasteiger partial charge in [-0.1, -0.05) is 45.4 Å². The van der Waals surface area contributed by atoms with E-state index in [-0.39, 0.29) is 0 Å². The second-order valence-corrected chi connectivity index (χ2v) is 4.59. The molecule has 16 heavy (non-hydrogen) atoms. The Labute approximate surface area is 100 Å². The maximum absolute atomic E-state index is 5.59. The third kappa shape index (κ3) is 7.20. The molecule has 0 amide bonds. The van der Waals surface area contributed by atoms with E-state index in [9.17, 15) is 0 Å². The lowest BCUT2D eigenvalue weighted by molar-refractivity contribution is 0.0151. The molecule has 0 aromatic rings.